The first-order valence-corrected chi connectivity index (χ1v) is 6.38. The highest BCUT2D eigenvalue weighted by Gasteiger charge is 2.14. The number of esters is 1. The van der Waals surface area contributed by atoms with Crippen molar-refractivity contribution < 1.29 is 14.3 Å². The third-order valence-corrected chi connectivity index (χ3v) is 2.59. The molecule has 0 unspecified atom stereocenters. The molecule has 0 aliphatic carbocycles. The largest absolute Gasteiger partial charge is 0.462 e. The summed E-state index contributed by atoms with van der Waals surface area (Å²) in [5.74, 6) is -0.354. The molecule has 0 amide bonds. The van der Waals surface area contributed by atoms with Gasteiger partial charge in [-0.1, -0.05) is 0 Å². The summed E-state index contributed by atoms with van der Waals surface area (Å²) in [5.41, 5.74) is 7.54. The van der Waals surface area contributed by atoms with Gasteiger partial charge in [0.25, 0.3) is 0 Å². The molecule has 0 aliphatic rings. The number of hydrogen-bond acceptors (Lipinski definition) is 5. The van der Waals surface area contributed by atoms with Crippen LogP contribution in [0.3, 0.4) is 0 Å². The van der Waals surface area contributed by atoms with E-state index in [4.69, 9.17) is 15.2 Å². The number of benzene rings is 1. The first-order valence-electron chi connectivity index (χ1n) is 6.38. The molecule has 106 valence electrons. The van der Waals surface area contributed by atoms with Gasteiger partial charge in [0.2, 0.25) is 0 Å². The Hall–Kier alpha value is -1.75. The van der Waals surface area contributed by atoms with Crippen LogP contribution in [0.25, 0.3) is 0 Å². The van der Waals surface area contributed by atoms with E-state index in [1.165, 1.54) is 0 Å². The van der Waals surface area contributed by atoms with Gasteiger partial charge in [-0.3, -0.25) is 0 Å². The lowest BCUT2D eigenvalue weighted by Crippen LogP contribution is -2.16. The quantitative estimate of drug-likeness (QED) is 0.464. The van der Waals surface area contributed by atoms with Gasteiger partial charge >= 0.3 is 5.97 Å². The van der Waals surface area contributed by atoms with Crippen LogP contribution < -0.4 is 10.6 Å². The molecule has 0 aromatic heterocycles. The van der Waals surface area contributed by atoms with Crippen LogP contribution in [-0.2, 0) is 9.47 Å². The van der Waals surface area contributed by atoms with Gasteiger partial charge < -0.3 is 20.1 Å². The highest BCUT2D eigenvalue weighted by molar-refractivity contribution is 5.96. The topological polar surface area (TPSA) is 64.8 Å². The molecule has 0 aliphatic heterocycles. The Balaban J connectivity index is 2.63. The highest BCUT2D eigenvalue weighted by atomic mass is 16.5. The maximum atomic E-state index is 12.0. The molecule has 0 radical (unpaired) electrons. The van der Waals surface area contributed by atoms with Crippen LogP contribution >= 0.6 is 0 Å². The minimum Gasteiger partial charge on any atom is -0.462 e. The van der Waals surface area contributed by atoms with Crippen LogP contribution in [0.15, 0.2) is 18.2 Å². The molecule has 0 spiro atoms. The van der Waals surface area contributed by atoms with Gasteiger partial charge in [0.05, 0.1) is 17.9 Å². The van der Waals surface area contributed by atoms with Crippen LogP contribution in [0.2, 0.25) is 0 Å². The van der Waals surface area contributed by atoms with E-state index >= 15 is 0 Å². The molecule has 2 N–H and O–H groups in total. The van der Waals surface area contributed by atoms with Crippen molar-refractivity contribution in [1.82, 2.24) is 0 Å². The lowest BCUT2D eigenvalue weighted by molar-refractivity contribution is 0.0453. The van der Waals surface area contributed by atoms with Crippen molar-refractivity contribution in [2.75, 3.05) is 44.5 Å². The van der Waals surface area contributed by atoms with E-state index in [0.717, 1.165) is 5.69 Å². The third-order valence-electron chi connectivity index (χ3n) is 2.59. The molecular weight excluding hydrogens is 244 g/mol. The zero-order chi connectivity index (χ0) is 14.3. The van der Waals surface area contributed by atoms with E-state index in [1.807, 2.05) is 32.0 Å². The van der Waals surface area contributed by atoms with Gasteiger partial charge in [0, 0.05) is 39.4 Å². The molecule has 0 heterocycles. The standard InChI is InChI=1S/C14H22N2O3/c1-4-18-8-5-9-19-14(17)12-10-11(15)6-7-13(12)16(2)3/h6-7,10H,4-5,8-9,15H2,1-3H3. The zero-order valence-electron chi connectivity index (χ0n) is 11.8. The van der Waals surface area contributed by atoms with Crippen molar-refractivity contribution in [3.63, 3.8) is 0 Å². The lowest BCUT2D eigenvalue weighted by Gasteiger charge is -2.17. The van der Waals surface area contributed by atoms with Crippen molar-refractivity contribution in [3.05, 3.63) is 23.8 Å². The van der Waals surface area contributed by atoms with Crippen molar-refractivity contribution in [1.29, 1.82) is 0 Å². The predicted molar refractivity (Wildman–Crippen MR) is 76.6 cm³/mol. The van der Waals surface area contributed by atoms with Crippen molar-refractivity contribution in [2.45, 2.75) is 13.3 Å². The monoisotopic (exact) mass is 266 g/mol. The Kier molecular flexibility index (Phi) is 6.15. The van der Waals surface area contributed by atoms with Gasteiger partial charge in [-0.05, 0) is 25.1 Å². The van der Waals surface area contributed by atoms with Crippen LogP contribution in [-0.4, -0.2) is 39.9 Å². The summed E-state index contributed by atoms with van der Waals surface area (Å²) in [6.07, 6.45) is 0.694. The minimum atomic E-state index is -0.354. The average Bonchev–Trinajstić information content (AvgIpc) is 2.37. The fourth-order valence-corrected chi connectivity index (χ4v) is 1.66. The number of nitrogens with zero attached hydrogens (tertiary/aromatic N) is 1. The van der Waals surface area contributed by atoms with Crippen LogP contribution in [0.1, 0.15) is 23.7 Å². The first kappa shape index (κ1) is 15.3. The molecule has 0 fully saturated rings. The molecule has 0 saturated heterocycles. The molecule has 1 aromatic rings. The third kappa shape index (κ3) is 4.79. The number of nitrogen functional groups attached to an aromatic ring is 1. The Morgan fingerprint density at radius 1 is 1.32 bits per heavy atom. The van der Waals surface area contributed by atoms with Gasteiger partial charge in [-0.2, -0.15) is 0 Å². The number of nitrogens with two attached hydrogens (primary N) is 1. The molecule has 0 bridgehead atoms. The number of carbonyl (C=O) groups is 1. The average molecular weight is 266 g/mol. The van der Waals surface area contributed by atoms with Crippen molar-refractivity contribution in [2.24, 2.45) is 0 Å². The second kappa shape index (κ2) is 7.63. The van der Waals surface area contributed by atoms with Crippen LogP contribution in [0.5, 0.6) is 0 Å². The summed E-state index contributed by atoms with van der Waals surface area (Å²) in [7, 11) is 3.74. The van der Waals surface area contributed by atoms with Crippen molar-refractivity contribution >= 4 is 17.3 Å². The van der Waals surface area contributed by atoms with Crippen LogP contribution in [0, 0.1) is 0 Å². The molecule has 0 atom stereocenters. The second-order valence-electron chi connectivity index (χ2n) is 4.36. The van der Waals surface area contributed by atoms with E-state index < -0.39 is 0 Å². The summed E-state index contributed by atoms with van der Waals surface area (Å²) < 4.78 is 10.4. The number of carbonyl (C=O) groups excluding carboxylic acids is 1. The SMILES string of the molecule is CCOCCCOC(=O)c1cc(N)ccc1N(C)C. The number of anilines is 2. The van der Waals surface area contributed by atoms with E-state index in [9.17, 15) is 4.79 Å². The first-order chi connectivity index (χ1) is 9.06. The van der Waals surface area contributed by atoms with Gasteiger partial charge in [-0.25, -0.2) is 4.79 Å². The molecule has 5 nitrogen and oxygen atoms in total. The minimum absolute atomic E-state index is 0.348. The Morgan fingerprint density at radius 3 is 2.68 bits per heavy atom. The molecular formula is C14H22N2O3. The summed E-state index contributed by atoms with van der Waals surface area (Å²) in [6.45, 7) is 3.55. The maximum absolute atomic E-state index is 12.0. The normalized spacial score (nSPS) is 10.3. The number of rotatable bonds is 7. The van der Waals surface area contributed by atoms with Gasteiger partial charge in [0.15, 0.2) is 0 Å². The number of ether oxygens (including phenoxy) is 2. The molecule has 5 heteroatoms. The van der Waals surface area contributed by atoms with Gasteiger partial charge in [0.1, 0.15) is 0 Å². The summed E-state index contributed by atoms with van der Waals surface area (Å²) in [4.78, 5) is 13.9. The summed E-state index contributed by atoms with van der Waals surface area (Å²) in [6, 6.07) is 5.22. The summed E-state index contributed by atoms with van der Waals surface area (Å²) >= 11 is 0. The Morgan fingerprint density at radius 2 is 2.05 bits per heavy atom. The second-order valence-corrected chi connectivity index (χ2v) is 4.36. The molecule has 19 heavy (non-hydrogen) atoms. The predicted octanol–water partition coefficient (Wildman–Crippen LogP) is 1.92. The highest BCUT2D eigenvalue weighted by Crippen LogP contribution is 2.22. The Bertz CT molecular complexity index is 419. The maximum Gasteiger partial charge on any atom is 0.340 e. The Labute approximate surface area is 114 Å². The number of hydrogen-bond donors (Lipinski definition) is 1. The molecule has 0 saturated carbocycles. The lowest BCUT2D eigenvalue weighted by atomic mass is 10.1. The smallest absolute Gasteiger partial charge is 0.340 e. The molecule has 1 rings (SSSR count). The van der Waals surface area contributed by atoms with Crippen LogP contribution in [0.4, 0.5) is 11.4 Å². The summed E-state index contributed by atoms with van der Waals surface area (Å²) in [5, 5.41) is 0. The van der Waals surface area contributed by atoms with Gasteiger partial charge in [-0.15, -0.1) is 0 Å². The van der Waals surface area contributed by atoms with E-state index in [0.29, 0.717) is 37.5 Å². The fourth-order valence-electron chi connectivity index (χ4n) is 1.66. The fraction of sp³-hybridized carbons (Fsp3) is 0.500. The van der Waals surface area contributed by atoms with Crippen molar-refractivity contribution in [3.8, 4) is 0 Å². The molecule has 1 aromatic carbocycles. The van der Waals surface area contributed by atoms with E-state index in [-0.39, 0.29) is 5.97 Å². The van der Waals surface area contributed by atoms with E-state index in [2.05, 4.69) is 0 Å². The zero-order valence-corrected chi connectivity index (χ0v) is 11.8. The van der Waals surface area contributed by atoms with E-state index in [1.54, 1.807) is 12.1 Å².